The Labute approximate surface area is 142 Å². The van der Waals surface area contributed by atoms with Crippen LogP contribution in [0.15, 0.2) is 45.8 Å². The van der Waals surface area contributed by atoms with Crippen LogP contribution in [-0.2, 0) is 6.54 Å². The number of aryl methyl sites for hydroxylation is 2. The molecule has 0 aliphatic heterocycles. The van der Waals surface area contributed by atoms with Crippen molar-refractivity contribution in [2.24, 2.45) is 0 Å². The monoisotopic (exact) mass is 340 g/mol. The molecule has 0 aliphatic carbocycles. The minimum Gasteiger partial charge on any atom is -0.459 e. The first-order valence-electron chi connectivity index (χ1n) is 7.67. The van der Waals surface area contributed by atoms with Gasteiger partial charge in [0.1, 0.15) is 0 Å². The lowest BCUT2D eigenvalue weighted by Gasteiger charge is -2.10. The summed E-state index contributed by atoms with van der Waals surface area (Å²) in [5, 5.41) is 4.90. The van der Waals surface area contributed by atoms with Crippen LogP contribution in [-0.4, -0.2) is 21.6 Å². The Morgan fingerprint density at radius 3 is 2.44 bits per heavy atom. The molecule has 0 saturated carbocycles. The van der Waals surface area contributed by atoms with E-state index < -0.39 is 11.8 Å². The number of fused-ring (bicyclic) bond motifs is 1. The molecule has 3 rings (SSSR count). The molecule has 8 heteroatoms. The smallest absolute Gasteiger partial charge is 0.305 e. The third-order valence-electron chi connectivity index (χ3n) is 3.74. The highest BCUT2D eigenvalue weighted by Crippen LogP contribution is 2.13. The fourth-order valence-corrected chi connectivity index (χ4v) is 2.45. The molecule has 3 aromatic rings. The van der Waals surface area contributed by atoms with Gasteiger partial charge in [-0.2, -0.15) is 5.10 Å². The van der Waals surface area contributed by atoms with Crippen molar-refractivity contribution in [1.29, 1.82) is 0 Å². The molecule has 1 aromatic carbocycles. The second kappa shape index (κ2) is 6.60. The molecule has 2 amide bonds. The summed E-state index contributed by atoms with van der Waals surface area (Å²) in [7, 11) is 0. The predicted molar refractivity (Wildman–Crippen MR) is 90.1 cm³/mol. The number of furan rings is 1. The molecule has 0 bridgehead atoms. The fraction of sp³-hybridized carbons (Fsp3) is 0.176. The molecule has 2 N–H and O–H groups in total. The maximum absolute atomic E-state index is 12.5. The molecular weight excluding hydrogens is 324 g/mol. The van der Waals surface area contributed by atoms with Crippen molar-refractivity contribution >= 4 is 22.6 Å². The number of rotatable bonds is 3. The molecular formula is C17H16N4O4. The van der Waals surface area contributed by atoms with E-state index in [-0.39, 0.29) is 17.0 Å². The lowest BCUT2D eigenvalue weighted by atomic mass is 10.1. The minimum atomic E-state index is -0.629. The van der Waals surface area contributed by atoms with E-state index in [0.29, 0.717) is 22.9 Å². The highest BCUT2D eigenvalue weighted by atomic mass is 16.3. The first kappa shape index (κ1) is 16.4. The summed E-state index contributed by atoms with van der Waals surface area (Å²) in [5.41, 5.74) is 5.01. The summed E-state index contributed by atoms with van der Waals surface area (Å²) >= 11 is 0. The molecule has 128 valence electrons. The first-order valence-corrected chi connectivity index (χ1v) is 7.67. The SMILES string of the molecule is CCn1nc(C(=O)NNC(=O)c2occc2C)c2ccccc2c1=O. The van der Waals surface area contributed by atoms with Gasteiger partial charge in [-0.3, -0.25) is 25.2 Å². The molecule has 2 aromatic heterocycles. The van der Waals surface area contributed by atoms with Gasteiger partial charge in [-0.15, -0.1) is 0 Å². The van der Waals surface area contributed by atoms with Crippen LogP contribution in [0.25, 0.3) is 10.8 Å². The molecule has 0 atom stereocenters. The molecule has 0 spiro atoms. The number of amides is 2. The highest BCUT2D eigenvalue weighted by molar-refractivity contribution is 6.05. The van der Waals surface area contributed by atoms with Crippen molar-refractivity contribution in [2.45, 2.75) is 20.4 Å². The van der Waals surface area contributed by atoms with Crippen LogP contribution in [0.2, 0.25) is 0 Å². The Morgan fingerprint density at radius 2 is 1.80 bits per heavy atom. The van der Waals surface area contributed by atoms with Gasteiger partial charge in [-0.1, -0.05) is 18.2 Å². The lowest BCUT2D eigenvalue weighted by Crippen LogP contribution is -2.42. The van der Waals surface area contributed by atoms with E-state index in [9.17, 15) is 14.4 Å². The summed E-state index contributed by atoms with van der Waals surface area (Å²) < 4.78 is 6.27. The maximum Gasteiger partial charge on any atom is 0.305 e. The van der Waals surface area contributed by atoms with E-state index in [4.69, 9.17) is 4.42 Å². The minimum absolute atomic E-state index is 0.0496. The summed E-state index contributed by atoms with van der Waals surface area (Å²) in [6.45, 7) is 3.79. The van der Waals surface area contributed by atoms with Crippen LogP contribution in [0, 0.1) is 6.92 Å². The quantitative estimate of drug-likeness (QED) is 0.701. The van der Waals surface area contributed by atoms with Gasteiger partial charge < -0.3 is 4.42 Å². The average Bonchev–Trinajstić information content (AvgIpc) is 3.06. The number of nitrogens with one attached hydrogen (secondary N) is 2. The van der Waals surface area contributed by atoms with Crippen LogP contribution in [0.1, 0.15) is 33.5 Å². The van der Waals surface area contributed by atoms with Crippen molar-refractivity contribution in [2.75, 3.05) is 0 Å². The topological polar surface area (TPSA) is 106 Å². The largest absolute Gasteiger partial charge is 0.459 e. The molecule has 0 aliphatic rings. The van der Waals surface area contributed by atoms with E-state index >= 15 is 0 Å². The number of hydrogen-bond donors (Lipinski definition) is 2. The zero-order valence-electron chi connectivity index (χ0n) is 13.7. The maximum atomic E-state index is 12.5. The fourth-order valence-electron chi connectivity index (χ4n) is 2.45. The van der Waals surface area contributed by atoms with Crippen LogP contribution < -0.4 is 16.4 Å². The Morgan fingerprint density at radius 1 is 1.12 bits per heavy atom. The van der Waals surface area contributed by atoms with Crippen LogP contribution in [0.5, 0.6) is 0 Å². The molecule has 0 unspecified atom stereocenters. The van der Waals surface area contributed by atoms with Gasteiger partial charge in [0, 0.05) is 17.5 Å². The number of carbonyl (C=O) groups excluding carboxylic acids is 2. The van der Waals surface area contributed by atoms with Crippen molar-refractivity contribution in [3.63, 3.8) is 0 Å². The van der Waals surface area contributed by atoms with Gasteiger partial charge in [0.25, 0.3) is 11.5 Å². The van der Waals surface area contributed by atoms with Gasteiger partial charge in [-0.25, -0.2) is 4.68 Å². The number of nitrogens with zero attached hydrogens (tertiary/aromatic N) is 2. The molecule has 25 heavy (non-hydrogen) atoms. The molecule has 0 radical (unpaired) electrons. The van der Waals surface area contributed by atoms with Crippen molar-refractivity contribution in [3.8, 4) is 0 Å². The van der Waals surface area contributed by atoms with Gasteiger partial charge in [-0.05, 0) is 26.0 Å². The molecule has 2 heterocycles. The summed E-state index contributed by atoms with van der Waals surface area (Å²) in [6, 6.07) is 8.33. The molecule has 0 saturated heterocycles. The van der Waals surface area contributed by atoms with Crippen molar-refractivity contribution < 1.29 is 14.0 Å². The summed E-state index contributed by atoms with van der Waals surface area (Å²) in [5.74, 6) is -1.10. The standard InChI is InChI=1S/C17H16N4O4/c1-3-21-17(24)12-7-5-4-6-11(12)13(20-21)15(22)18-19-16(23)14-10(2)8-9-25-14/h4-9H,3H2,1-2H3,(H,18,22)(H,19,23). The van der Waals surface area contributed by atoms with E-state index in [1.165, 1.54) is 10.9 Å². The second-order valence-corrected chi connectivity index (χ2v) is 5.36. The van der Waals surface area contributed by atoms with E-state index in [1.54, 1.807) is 44.2 Å². The van der Waals surface area contributed by atoms with E-state index in [1.807, 2.05) is 0 Å². The average molecular weight is 340 g/mol. The number of hydrogen-bond acceptors (Lipinski definition) is 5. The number of aromatic nitrogens is 2. The Kier molecular flexibility index (Phi) is 4.34. The van der Waals surface area contributed by atoms with Gasteiger partial charge >= 0.3 is 5.91 Å². The summed E-state index contributed by atoms with van der Waals surface area (Å²) in [6.07, 6.45) is 1.39. The third kappa shape index (κ3) is 3.01. The van der Waals surface area contributed by atoms with Crippen LogP contribution in [0.4, 0.5) is 0 Å². The van der Waals surface area contributed by atoms with Crippen LogP contribution in [0.3, 0.4) is 0 Å². The lowest BCUT2D eigenvalue weighted by molar-refractivity contribution is 0.0827. The number of benzene rings is 1. The number of hydrazine groups is 1. The van der Waals surface area contributed by atoms with Gasteiger partial charge in [0.2, 0.25) is 0 Å². The Hall–Kier alpha value is -3.42. The summed E-state index contributed by atoms with van der Waals surface area (Å²) in [4.78, 5) is 36.8. The second-order valence-electron chi connectivity index (χ2n) is 5.36. The number of carbonyl (C=O) groups is 2. The van der Waals surface area contributed by atoms with Crippen molar-refractivity contribution in [1.82, 2.24) is 20.6 Å². The van der Waals surface area contributed by atoms with Gasteiger partial charge in [0.05, 0.1) is 11.6 Å². The van der Waals surface area contributed by atoms with Crippen LogP contribution >= 0.6 is 0 Å². The van der Waals surface area contributed by atoms with Gasteiger partial charge in [0.15, 0.2) is 11.5 Å². The van der Waals surface area contributed by atoms with Crippen molar-refractivity contribution in [3.05, 3.63) is 64.0 Å². The highest BCUT2D eigenvalue weighted by Gasteiger charge is 2.18. The predicted octanol–water partition coefficient (Wildman–Crippen LogP) is 1.39. The third-order valence-corrected chi connectivity index (χ3v) is 3.74. The van der Waals surface area contributed by atoms with E-state index in [2.05, 4.69) is 16.0 Å². The Bertz CT molecular complexity index is 1020. The normalized spacial score (nSPS) is 10.6. The zero-order chi connectivity index (χ0) is 18.0. The molecule has 0 fully saturated rings. The molecule has 8 nitrogen and oxygen atoms in total. The first-order chi connectivity index (χ1) is 12.0. The zero-order valence-corrected chi connectivity index (χ0v) is 13.7. The van der Waals surface area contributed by atoms with E-state index in [0.717, 1.165) is 0 Å². The Balaban J connectivity index is 1.90.